The Balaban J connectivity index is 3.94. The molecule has 0 aromatic heterocycles. The lowest BCUT2D eigenvalue weighted by molar-refractivity contribution is -0.161. The summed E-state index contributed by atoms with van der Waals surface area (Å²) in [5.41, 5.74) is 5.41. The molecule has 93 heavy (non-hydrogen) atoms. The molecule has 0 bridgehead atoms. The third kappa shape index (κ3) is 76.8. The fourth-order valence-electron chi connectivity index (χ4n) is 10.6. The van der Waals surface area contributed by atoms with Crippen LogP contribution in [0.2, 0.25) is 0 Å². The molecule has 0 aliphatic carbocycles. The molecule has 2 atom stereocenters. The highest BCUT2D eigenvalue weighted by Gasteiger charge is 2.26. The summed E-state index contributed by atoms with van der Waals surface area (Å²) in [6.45, 7) is 3.63. The Morgan fingerprint density at radius 3 is 0.892 bits per heavy atom. The first kappa shape index (κ1) is 88.9. The number of hydrogen-bond donors (Lipinski definition) is 2. The number of allylic oxidation sites excluding steroid dienone is 24. The molecule has 0 aliphatic rings. The van der Waals surface area contributed by atoms with Crippen LogP contribution in [-0.4, -0.2) is 49.3 Å². The Labute approximate surface area is 573 Å². The summed E-state index contributed by atoms with van der Waals surface area (Å²) in [4.78, 5) is 35.4. The lowest BCUT2D eigenvalue weighted by atomic mass is 10.0. The summed E-state index contributed by atoms with van der Waals surface area (Å²) in [5, 5.41) is 0. The smallest absolute Gasteiger partial charge is 0.462 e. The average Bonchev–Trinajstić information content (AvgIpc) is 3.60. The number of phosphoric ester groups is 1. The molecule has 0 saturated heterocycles. The summed E-state index contributed by atoms with van der Waals surface area (Å²) < 4.78 is 33.2. The normalized spacial score (nSPS) is 13.7. The van der Waals surface area contributed by atoms with Crippen molar-refractivity contribution in [1.29, 1.82) is 0 Å². The monoisotopic (exact) mass is 1310 g/mol. The van der Waals surface area contributed by atoms with Crippen LogP contribution in [0.15, 0.2) is 146 Å². The van der Waals surface area contributed by atoms with Crippen molar-refractivity contribution < 1.29 is 37.6 Å². The molecular formula is C83H142NO8P. The van der Waals surface area contributed by atoms with Gasteiger partial charge in [-0.05, 0) is 122 Å². The molecule has 2 unspecified atom stereocenters. The van der Waals surface area contributed by atoms with Crippen LogP contribution in [0.5, 0.6) is 0 Å². The van der Waals surface area contributed by atoms with E-state index in [1.165, 1.54) is 180 Å². The Morgan fingerprint density at radius 1 is 0.333 bits per heavy atom. The zero-order chi connectivity index (χ0) is 67.2. The number of unbranched alkanes of at least 4 members (excludes halogenated alkanes) is 34. The Morgan fingerprint density at radius 2 is 0.591 bits per heavy atom. The zero-order valence-electron chi connectivity index (χ0n) is 59.9. The molecule has 0 fully saturated rings. The highest BCUT2D eigenvalue weighted by Crippen LogP contribution is 2.43. The van der Waals surface area contributed by atoms with Crippen LogP contribution in [0.25, 0.3) is 0 Å². The first-order valence-corrected chi connectivity index (χ1v) is 39.8. The van der Waals surface area contributed by atoms with Crippen molar-refractivity contribution in [2.75, 3.05) is 26.4 Å². The molecule has 0 aromatic carbocycles. The van der Waals surface area contributed by atoms with Gasteiger partial charge in [-0.15, -0.1) is 0 Å². The lowest BCUT2D eigenvalue weighted by Crippen LogP contribution is -2.29. The van der Waals surface area contributed by atoms with E-state index in [4.69, 9.17) is 24.3 Å². The third-order valence-corrected chi connectivity index (χ3v) is 17.2. The fraction of sp³-hybridized carbons (Fsp3) is 0.687. The van der Waals surface area contributed by atoms with Crippen LogP contribution >= 0.6 is 7.82 Å². The molecule has 0 radical (unpaired) electrons. The summed E-state index contributed by atoms with van der Waals surface area (Å²) in [6.07, 6.45) is 111. The summed E-state index contributed by atoms with van der Waals surface area (Å²) in [7, 11) is -4.41. The van der Waals surface area contributed by atoms with Crippen LogP contribution in [0.3, 0.4) is 0 Å². The van der Waals surface area contributed by atoms with E-state index in [0.717, 1.165) is 122 Å². The Hall–Kier alpha value is -4.11. The van der Waals surface area contributed by atoms with Crippen molar-refractivity contribution in [3.05, 3.63) is 146 Å². The van der Waals surface area contributed by atoms with E-state index in [1.807, 2.05) is 0 Å². The molecule has 0 heterocycles. The van der Waals surface area contributed by atoms with Crippen LogP contribution < -0.4 is 5.73 Å². The topological polar surface area (TPSA) is 134 Å². The number of phosphoric acid groups is 1. The molecule has 532 valence electrons. The second kappa shape index (κ2) is 76.9. The average molecular weight is 1310 g/mol. The number of hydrogen-bond acceptors (Lipinski definition) is 8. The van der Waals surface area contributed by atoms with Gasteiger partial charge in [-0.25, -0.2) is 4.57 Å². The molecule has 0 spiro atoms. The van der Waals surface area contributed by atoms with Crippen molar-refractivity contribution in [3.8, 4) is 0 Å². The largest absolute Gasteiger partial charge is 0.472 e. The van der Waals surface area contributed by atoms with Gasteiger partial charge in [-0.1, -0.05) is 346 Å². The van der Waals surface area contributed by atoms with Crippen molar-refractivity contribution in [3.63, 3.8) is 0 Å². The van der Waals surface area contributed by atoms with Crippen LogP contribution in [0.1, 0.15) is 335 Å². The Kier molecular flexibility index (Phi) is 73.5. The van der Waals surface area contributed by atoms with Crippen LogP contribution in [0, 0.1) is 0 Å². The quantitative estimate of drug-likeness (QED) is 0.0264. The maximum Gasteiger partial charge on any atom is 0.472 e. The fourth-order valence-corrected chi connectivity index (χ4v) is 11.3. The zero-order valence-corrected chi connectivity index (χ0v) is 60.8. The molecule has 3 N–H and O–H groups in total. The van der Waals surface area contributed by atoms with Crippen molar-refractivity contribution in [2.24, 2.45) is 5.73 Å². The number of nitrogens with two attached hydrogens (primary N) is 1. The second-order valence-electron chi connectivity index (χ2n) is 25.1. The summed E-state index contributed by atoms with van der Waals surface area (Å²) in [6, 6.07) is 0. The van der Waals surface area contributed by atoms with Gasteiger partial charge in [0.15, 0.2) is 6.10 Å². The lowest BCUT2D eigenvalue weighted by Gasteiger charge is -2.19. The predicted octanol–water partition coefficient (Wildman–Crippen LogP) is 25.8. The predicted molar refractivity (Wildman–Crippen MR) is 404 cm³/mol. The molecule has 0 saturated carbocycles. The number of ether oxygens (including phenoxy) is 2. The van der Waals surface area contributed by atoms with E-state index in [0.29, 0.717) is 6.42 Å². The Bertz CT molecular complexity index is 2040. The summed E-state index contributed by atoms with van der Waals surface area (Å²) in [5.74, 6) is -0.847. The maximum atomic E-state index is 12.8. The van der Waals surface area contributed by atoms with Gasteiger partial charge in [-0.3, -0.25) is 18.6 Å². The van der Waals surface area contributed by atoms with Crippen LogP contribution in [0.4, 0.5) is 0 Å². The van der Waals surface area contributed by atoms with Crippen molar-refractivity contribution in [1.82, 2.24) is 0 Å². The van der Waals surface area contributed by atoms with Gasteiger partial charge >= 0.3 is 19.8 Å². The van der Waals surface area contributed by atoms with E-state index < -0.39 is 26.5 Å². The van der Waals surface area contributed by atoms with E-state index in [-0.39, 0.29) is 38.6 Å². The van der Waals surface area contributed by atoms with Gasteiger partial charge in [-0.2, -0.15) is 0 Å². The first-order chi connectivity index (χ1) is 45.8. The summed E-state index contributed by atoms with van der Waals surface area (Å²) >= 11 is 0. The van der Waals surface area contributed by atoms with Crippen molar-refractivity contribution in [2.45, 2.75) is 341 Å². The molecule has 10 heteroatoms. The minimum Gasteiger partial charge on any atom is -0.462 e. The molecule has 9 nitrogen and oxygen atoms in total. The van der Waals surface area contributed by atoms with Crippen LogP contribution in [-0.2, 0) is 32.7 Å². The molecule has 0 aliphatic heterocycles. The highest BCUT2D eigenvalue weighted by atomic mass is 31.2. The first-order valence-electron chi connectivity index (χ1n) is 38.3. The van der Waals surface area contributed by atoms with E-state index in [1.54, 1.807) is 0 Å². The van der Waals surface area contributed by atoms with Gasteiger partial charge < -0.3 is 20.1 Å². The second-order valence-corrected chi connectivity index (χ2v) is 26.6. The van der Waals surface area contributed by atoms with E-state index in [2.05, 4.69) is 160 Å². The third-order valence-electron chi connectivity index (χ3n) is 16.2. The molecule has 0 rings (SSSR count). The SMILES string of the molecule is CC/C=C\C/C=C\C/C=C\C/C=C\C/C=C\C/C=C\C/C=C\C/C=C\C/C=C\C/C=C\C/C=C\CCCCCCCC(=O)OC(COC(=O)CCCCCCCCCCCCCCCCCCCCCCC/C=C\CCCCCCCCCC)COP(=O)(O)OCCN. The number of rotatable bonds is 71. The minimum atomic E-state index is -4.41. The standard InChI is InChI=1S/C83H142NO8P/c1-3-5-7-9-11-13-15-17-19-21-23-25-27-29-31-33-35-37-38-39-40-41-42-44-46-48-50-52-54-56-58-60-62-64-66-68-70-72-74-76-83(86)92-81(80-91-93(87,88)90-78-77-84)79-89-82(85)75-73-71-69-67-65-63-61-59-57-55-53-51-49-47-45-43-36-34-32-30-28-26-24-22-20-18-16-14-12-10-8-6-4-2/h5,7,11,13,17,19,22-25,29,31,35,37,39-40,42,44,48,50,54,56,60,62,81H,3-4,6,8-10,12,14-16,18,20-21,26-28,30,32-34,36,38,41,43,45-47,49,51-53,55,57-59,61,63-80,84H2,1-2H3,(H,87,88)/b7-5-,13-11-,19-17-,24-22-,25-23-,31-29-,37-35-,40-39-,44-42-,50-48-,56-54-,62-60-. The number of esters is 2. The van der Waals surface area contributed by atoms with Gasteiger partial charge in [0.2, 0.25) is 0 Å². The van der Waals surface area contributed by atoms with Gasteiger partial charge in [0, 0.05) is 19.4 Å². The van der Waals surface area contributed by atoms with Crippen molar-refractivity contribution >= 4 is 19.8 Å². The maximum absolute atomic E-state index is 12.8. The van der Waals surface area contributed by atoms with Gasteiger partial charge in [0.05, 0.1) is 13.2 Å². The number of carbonyl (C=O) groups is 2. The minimum absolute atomic E-state index is 0.0442. The molecule has 0 amide bonds. The van der Waals surface area contributed by atoms with E-state index in [9.17, 15) is 19.0 Å². The molecule has 0 aromatic rings. The molecular weight excluding hydrogens is 1170 g/mol. The van der Waals surface area contributed by atoms with E-state index >= 15 is 0 Å². The highest BCUT2D eigenvalue weighted by molar-refractivity contribution is 7.47. The number of carbonyl (C=O) groups excluding carboxylic acids is 2. The van der Waals surface area contributed by atoms with Gasteiger partial charge in [0.25, 0.3) is 0 Å². The van der Waals surface area contributed by atoms with Gasteiger partial charge in [0.1, 0.15) is 6.61 Å².